The number of rotatable bonds is 4. The Hall–Kier alpha value is -3.16. The van der Waals surface area contributed by atoms with Crippen molar-refractivity contribution in [1.29, 1.82) is 0 Å². The second-order valence-corrected chi connectivity index (χ2v) is 5.87. The standard InChI is InChI=1S/C17H17N3O5/c21-16(18-14-1-3-15(4-2-14)20(23)24)12-5-8-19(9-6-12)17(22)13-7-10-25-11-13/h1-4,7,10-12H,5-6,8-9H2,(H,18,21). The van der Waals surface area contributed by atoms with Crippen LogP contribution in [-0.4, -0.2) is 34.7 Å². The van der Waals surface area contributed by atoms with Crippen molar-refractivity contribution in [2.75, 3.05) is 18.4 Å². The van der Waals surface area contributed by atoms with Crippen LogP contribution in [0.3, 0.4) is 0 Å². The summed E-state index contributed by atoms with van der Waals surface area (Å²) in [5.41, 5.74) is 1.00. The molecule has 0 unspecified atom stereocenters. The Bertz CT molecular complexity index is 762. The third-order valence-corrected chi connectivity index (χ3v) is 4.27. The molecule has 1 aromatic carbocycles. The fourth-order valence-electron chi connectivity index (χ4n) is 2.82. The number of nitrogens with one attached hydrogen (secondary N) is 1. The highest BCUT2D eigenvalue weighted by Crippen LogP contribution is 2.22. The van der Waals surface area contributed by atoms with E-state index in [1.165, 1.54) is 36.8 Å². The minimum absolute atomic E-state index is 0.0240. The Morgan fingerprint density at radius 2 is 1.84 bits per heavy atom. The van der Waals surface area contributed by atoms with Crippen LogP contribution in [0.4, 0.5) is 11.4 Å². The number of hydrogen-bond donors (Lipinski definition) is 1. The molecule has 25 heavy (non-hydrogen) atoms. The molecule has 1 saturated heterocycles. The van der Waals surface area contributed by atoms with Gasteiger partial charge in [0.1, 0.15) is 6.26 Å². The van der Waals surface area contributed by atoms with Gasteiger partial charge in [0.05, 0.1) is 16.7 Å². The zero-order valence-corrected chi connectivity index (χ0v) is 13.4. The van der Waals surface area contributed by atoms with Crippen LogP contribution in [0.2, 0.25) is 0 Å². The first-order valence-electron chi connectivity index (χ1n) is 7.91. The van der Waals surface area contributed by atoms with Gasteiger partial charge in [0, 0.05) is 36.8 Å². The van der Waals surface area contributed by atoms with Crippen LogP contribution in [0.1, 0.15) is 23.2 Å². The summed E-state index contributed by atoms with van der Waals surface area (Å²) in [4.78, 5) is 36.4. The van der Waals surface area contributed by atoms with Gasteiger partial charge < -0.3 is 14.6 Å². The van der Waals surface area contributed by atoms with Crippen molar-refractivity contribution >= 4 is 23.2 Å². The molecule has 0 aliphatic carbocycles. The smallest absolute Gasteiger partial charge is 0.269 e. The molecule has 2 heterocycles. The third kappa shape index (κ3) is 3.85. The molecule has 0 saturated carbocycles. The molecule has 2 aromatic rings. The minimum atomic E-state index is -0.488. The van der Waals surface area contributed by atoms with Gasteiger partial charge in [-0.05, 0) is 31.0 Å². The molecule has 1 aliphatic rings. The minimum Gasteiger partial charge on any atom is -0.472 e. The number of carbonyl (C=O) groups is 2. The average molecular weight is 343 g/mol. The summed E-state index contributed by atoms with van der Waals surface area (Å²) in [7, 11) is 0. The van der Waals surface area contributed by atoms with Crippen LogP contribution in [0, 0.1) is 16.0 Å². The molecule has 8 nitrogen and oxygen atoms in total. The number of anilines is 1. The highest BCUT2D eigenvalue weighted by molar-refractivity contribution is 5.95. The van der Waals surface area contributed by atoms with E-state index in [0.29, 0.717) is 37.2 Å². The molecule has 8 heteroatoms. The number of nitrogens with zero attached hydrogens (tertiary/aromatic N) is 2. The molecule has 1 aliphatic heterocycles. The van der Waals surface area contributed by atoms with Crippen molar-refractivity contribution in [3.05, 3.63) is 58.5 Å². The number of nitro groups is 1. The number of amides is 2. The van der Waals surface area contributed by atoms with E-state index in [9.17, 15) is 19.7 Å². The normalized spacial score (nSPS) is 15.0. The third-order valence-electron chi connectivity index (χ3n) is 4.27. The molecular weight excluding hydrogens is 326 g/mol. The lowest BCUT2D eigenvalue weighted by Gasteiger charge is -2.31. The largest absolute Gasteiger partial charge is 0.472 e. The predicted octanol–water partition coefficient (Wildman–Crippen LogP) is 2.68. The van der Waals surface area contributed by atoms with Crippen LogP contribution in [0.25, 0.3) is 0 Å². The van der Waals surface area contributed by atoms with Gasteiger partial charge >= 0.3 is 0 Å². The number of non-ortho nitro benzene ring substituents is 1. The summed E-state index contributed by atoms with van der Waals surface area (Å²) in [5, 5.41) is 13.4. The SMILES string of the molecule is O=C(Nc1ccc([N+](=O)[O-])cc1)C1CCN(C(=O)c2ccoc2)CC1. The van der Waals surface area contributed by atoms with E-state index >= 15 is 0 Å². The lowest BCUT2D eigenvalue weighted by atomic mass is 9.95. The van der Waals surface area contributed by atoms with Gasteiger partial charge in [-0.25, -0.2) is 0 Å². The number of piperidine rings is 1. The number of carbonyl (C=O) groups excluding carboxylic acids is 2. The summed E-state index contributed by atoms with van der Waals surface area (Å²) >= 11 is 0. The fourth-order valence-corrected chi connectivity index (χ4v) is 2.82. The van der Waals surface area contributed by atoms with Crippen LogP contribution in [-0.2, 0) is 4.79 Å². The molecule has 0 radical (unpaired) electrons. The molecule has 0 atom stereocenters. The Balaban J connectivity index is 1.53. The number of nitro benzene ring substituents is 1. The number of benzene rings is 1. The van der Waals surface area contributed by atoms with Gasteiger partial charge in [-0.1, -0.05) is 0 Å². The molecule has 3 rings (SSSR count). The van der Waals surface area contributed by atoms with E-state index in [0.717, 1.165) is 0 Å². The van der Waals surface area contributed by atoms with Gasteiger partial charge in [0.15, 0.2) is 0 Å². The molecule has 2 amide bonds. The zero-order chi connectivity index (χ0) is 17.8. The first-order valence-corrected chi connectivity index (χ1v) is 7.91. The molecule has 0 spiro atoms. The second-order valence-electron chi connectivity index (χ2n) is 5.87. The fraction of sp³-hybridized carbons (Fsp3) is 0.294. The van der Waals surface area contributed by atoms with Crippen LogP contribution >= 0.6 is 0 Å². The second kappa shape index (κ2) is 7.16. The molecule has 130 valence electrons. The van der Waals surface area contributed by atoms with Crippen molar-refractivity contribution in [2.24, 2.45) is 5.92 Å². The van der Waals surface area contributed by atoms with Crippen molar-refractivity contribution in [3.63, 3.8) is 0 Å². The van der Waals surface area contributed by atoms with Crippen molar-refractivity contribution < 1.29 is 18.9 Å². The maximum absolute atomic E-state index is 12.3. The van der Waals surface area contributed by atoms with E-state index in [-0.39, 0.29) is 23.4 Å². The van der Waals surface area contributed by atoms with E-state index in [2.05, 4.69) is 5.32 Å². The first kappa shape index (κ1) is 16.7. The van der Waals surface area contributed by atoms with Crippen LogP contribution in [0.15, 0.2) is 47.3 Å². The van der Waals surface area contributed by atoms with E-state index in [4.69, 9.17) is 4.42 Å². The quantitative estimate of drug-likeness (QED) is 0.678. The summed E-state index contributed by atoms with van der Waals surface area (Å²) in [6.07, 6.45) is 4.01. The summed E-state index contributed by atoms with van der Waals surface area (Å²) in [5.74, 6) is -0.421. The van der Waals surface area contributed by atoms with Gasteiger partial charge in [-0.2, -0.15) is 0 Å². The summed E-state index contributed by atoms with van der Waals surface area (Å²) in [6, 6.07) is 7.33. The zero-order valence-electron chi connectivity index (χ0n) is 13.4. The van der Waals surface area contributed by atoms with E-state index in [1.807, 2.05) is 0 Å². The molecular formula is C17H17N3O5. The van der Waals surface area contributed by atoms with Crippen LogP contribution in [0.5, 0.6) is 0 Å². The first-order chi connectivity index (χ1) is 12.0. The van der Waals surface area contributed by atoms with Crippen molar-refractivity contribution in [1.82, 2.24) is 4.90 Å². The number of likely N-dealkylation sites (tertiary alicyclic amines) is 1. The van der Waals surface area contributed by atoms with Gasteiger partial charge in [0.25, 0.3) is 11.6 Å². The summed E-state index contributed by atoms with van der Waals surface area (Å²) in [6.45, 7) is 1.00. The Morgan fingerprint density at radius 3 is 2.40 bits per heavy atom. The maximum atomic E-state index is 12.3. The molecule has 1 aromatic heterocycles. The lowest BCUT2D eigenvalue weighted by Crippen LogP contribution is -2.41. The van der Waals surface area contributed by atoms with Gasteiger partial charge in [-0.3, -0.25) is 19.7 Å². The molecule has 1 N–H and O–H groups in total. The van der Waals surface area contributed by atoms with Gasteiger partial charge in [0.2, 0.25) is 5.91 Å². The topological polar surface area (TPSA) is 106 Å². The Labute approximate surface area is 143 Å². The van der Waals surface area contributed by atoms with Crippen molar-refractivity contribution in [3.8, 4) is 0 Å². The van der Waals surface area contributed by atoms with E-state index < -0.39 is 4.92 Å². The average Bonchev–Trinajstić information content (AvgIpc) is 3.16. The number of furan rings is 1. The lowest BCUT2D eigenvalue weighted by molar-refractivity contribution is -0.384. The van der Waals surface area contributed by atoms with Crippen molar-refractivity contribution in [2.45, 2.75) is 12.8 Å². The monoisotopic (exact) mass is 343 g/mol. The van der Waals surface area contributed by atoms with Gasteiger partial charge in [-0.15, -0.1) is 0 Å². The highest BCUT2D eigenvalue weighted by Gasteiger charge is 2.28. The van der Waals surface area contributed by atoms with E-state index in [1.54, 1.807) is 11.0 Å². The maximum Gasteiger partial charge on any atom is 0.269 e. The number of hydrogen-bond acceptors (Lipinski definition) is 5. The molecule has 1 fully saturated rings. The highest BCUT2D eigenvalue weighted by atomic mass is 16.6. The van der Waals surface area contributed by atoms with Crippen LogP contribution < -0.4 is 5.32 Å². The summed E-state index contributed by atoms with van der Waals surface area (Å²) < 4.78 is 4.92. The molecule has 0 bridgehead atoms. The predicted molar refractivity (Wildman–Crippen MR) is 89.1 cm³/mol. The Kier molecular flexibility index (Phi) is 4.78. The Morgan fingerprint density at radius 1 is 1.16 bits per heavy atom.